The van der Waals surface area contributed by atoms with Crippen LogP contribution in [0.25, 0.3) is 22.3 Å². The first-order valence-corrected chi connectivity index (χ1v) is 10.5. The molecule has 36 heavy (non-hydrogen) atoms. The Labute approximate surface area is 201 Å². The number of aliphatic hydroxyl groups excluding tert-OH is 3. The van der Waals surface area contributed by atoms with Crippen LogP contribution in [-0.2, 0) is 14.3 Å². The molecular formula is C23H22O13. The Morgan fingerprint density at radius 2 is 1.67 bits per heavy atom. The average molecular weight is 506 g/mol. The molecule has 2 heterocycles. The normalized spacial score (nSPS) is 23.9. The number of fused-ring (bicyclic) bond motifs is 1. The number of aromatic hydroxyl groups is 4. The molecule has 0 spiro atoms. The fourth-order valence-corrected chi connectivity index (χ4v) is 3.70. The number of carbonyl (C=O) groups is 1. The van der Waals surface area contributed by atoms with Crippen LogP contribution in [0.3, 0.4) is 0 Å². The lowest BCUT2D eigenvalue weighted by Gasteiger charge is -2.39. The highest BCUT2D eigenvalue weighted by atomic mass is 16.7. The highest BCUT2D eigenvalue weighted by Gasteiger charge is 2.46. The van der Waals surface area contributed by atoms with E-state index >= 15 is 0 Å². The Hall–Kier alpha value is -4.04. The number of phenolic OH excluding ortho intramolecular Hbond substituents is 4. The lowest BCUT2D eigenvalue weighted by molar-refractivity contribution is -0.278. The van der Waals surface area contributed by atoms with Gasteiger partial charge in [-0.1, -0.05) is 0 Å². The van der Waals surface area contributed by atoms with Crippen molar-refractivity contribution in [3.8, 4) is 40.1 Å². The first-order valence-electron chi connectivity index (χ1n) is 10.5. The molecular weight excluding hydrogens is 484 g/mol. The van der Waals surface area contributed by atoms with Gasteiger partial charge in [0.1, 0.15) is 53.5 Å². The first-order chi connectivity index (χ1) is 17.0. The van der Waals surface area contributed by atoms with E-state index in [2.05, 4.69) is 0 Å². The third-order valence-electron chi connectivity index (χ3n) is 5.51. The molecule has 0 saturated carbocycles. The molecule has 4 rings (SSSR count). The summed E-state index contributed by atoms with van der Waals surface area (Å²) in [5.41, 5.74) is -1.24. The maximum Gasteiger partial charge on any atom is 0.302 e. The quantitative estimate of drug-likeness (QED) is 0.180. The van der Waals surface area contributed by atoms with E-state index in [1.165, 1.54) is 6.07 Å². The number of carbonyl (C=O) groups excluding carboxylic acids is 1. The second-order valence-electron chi connectivity index (χ2n) is 8.07. The second kappa shape index (κ2) is 9.54. The average Bonchev–Trinajstić information content (AvgIpc) is 2.81. The minimum Gasteiger partial charge on any atom is -0.508 e. The van der Waals surface area contributed by atoms with Gasteiger partial charge < -0.3 is 54.4 Å². The number of phenols is 4. The van der Waals surface area contributed by atoms with E-state index in [4.69, 9.17) is 18.6 Å². The molecule has 2 aromatic carbocycles. The van der Waals surface area contributed by atoms with Crippen LogP contribution in [0.5, 0.6) is 28.7 Å². The Morgan fingerprint density at radius 1 is 0.944 bits per heavy atom. The van der Waals surface area contributed by atoms with Crippen LogP contribution in [0.15, 0.2) is 39.5 Å². The van der Waals surface area contributed by atoms with Crippen molar-refractivity contribution in [1.29, 1.82) is 0 Å². The third-order valence-corrected chi connectivity index (χ3v) is 5.51. The van der Waals surface area contributed by atoms with Gasteiger partial charge in [0.25, 0.3) is 0 Å². The first kappa shape index (κ1) is 25.1. The molecule has 1 saturated heterocycles. The van der Waals surface area contributed by atoms with Crippen LogP contribution in [-0.4, -0.2) is 79.0 Å². The largest absolute Gasteiger partial charge is 0.508 e. The summed E-state index contributed by atoms with van der Waals surface area (Å²) in [5.74, 6) is -3.84. The van der Waals surface area contributed by atoms with Crippen LogP contribution in [0.1, 0.15) is 6.92 Å². The molecule has 0 aliphatic carbocycles. The van der Waals surface area contributed by atoms with Crippen molar-refractivity contribution < 1.29 is 59.2 Å². The monoisotopic (exact) mass is 506 g/mol. The zero-order valence-electron chi connectivity index (χ0n) is 18.6. The number of esters is 1. The molecule has 0 radical (unpaired) electrons. The molecule has 0 bridgehead atoms. The molecule has 0 amide bonds. The molecule has 0 unspecified atom stereocenters. The van der Waals surface area contributed by atoms with E-state index in [1.807, 2.05) is 0 Å². The lowest BCUT2D eigenvalue weighted by atomic mass is 9.99. The SMILES string of the molecule is CC(=O)OC[C@H]1O[C@@H](Oc2c(-c3ccc(O)c(O)c3)oc3cc(O)cc(O)c3c2=O)[C@@H](O)[C@H](O)[C@@H]1O. The van der Waals surface area contributed by atoms with Crippen molar-refractivity contribution in [2.75, 3.05) is 6.61 Å². The minimum atomic E-state index is -1.89. The van der Waals surface area contributed by atoms with Gasteiger partial charge in [-0.15, -0.1) is 0 Å². The molecule has 5 atom stereocenters. The predicted molar refractivity (Wildman–Crippen MR) is 119 cm³/mol. The Kier molecular flexibility index (Phi) is 6.65. The Balaban J connectivity index is 1.84. The van der Waals surface area contributed by atoms with Crippen LogP contribution < -0.4 is 10.2 Å². The lowest BCUT2D eigenvalue weighted by Crippen LogP contribution is -2.60. The van der Waals surface area contributed by atoms with Crippen LogP contribution in [0.4, 0.5) is 0 Å². The van der Waals surface area contributed by atoms with Crippen LogP contribution in [0.2, 0.25) is 0 Å². The number of aliphatic hydroxyl groups is 3. The predicted octanol–water partition coefficient (Wildman–Crippen LogP) is 0.0319. The van der Waals surface area contributed by atoms with E-state index < -0.39 is 82.8 Å². The molecule has 1 aliphatic rings. The number of benzene rings is 2. The Bertz CT molecular complexity index is 1360. The maximum absolute atomic E-state index is 13.4. The molecule has 13 nitrogen and oxygen atoms in total. The Morgan fingerprint density at radius 3 is 2.33 bits per heavy atom. The second-order valence-corrected chi connectivity index (χ2v) is 8.07. The highest BCUT2D eigenvalue weighted by molar-refractivity contribution is 5.88. The fraction of sp³-hybridized carbons (Fsp3) is 0.304. The van der Waals surface area contributed by atoms with E-state index in [0.717, 1.165) is 31.2 Å². The van der Waals surface area contributed by atoms with Gasteiger partial charge in [-0.2, -0.15) is 0 Å². The topological polar surface area (TPSA) is 217 Å². The van der Waals surface area contributed by atoms with Crippen molar-refractivity contribution in [2.24, 2.45) is 0 Å². The van der Waals surface area contributed by atoms with E-state index in [0.29, 0.717) is 0 Å². The molecule has 3 aromatic rings. The van der Waals surface area contributed by atoms with Crippen molar-refractivity contribution in [3.05, 3.63) is 40.6 Å². The van der Waals surface area contributed by atoms with Gasteiger partial charge >= 0.3 is 5.97 Å². The van der Waals surface area contributed by atoms with Crippen molar-refractivity contribution in [2.45, 2.75) is 37.6 Å². The smallest absolute Gasteiger partial charge is 0.302 e. The summed E-state index contributed by atoms with van der Waals surface area (Å²) in [6.45, 7) is 0.601. The maximum atomic E-state index is 13.4. The molecule has 192 valence electrons. The van der Waals surface area contributed by atoms with Gasteiger partial charge in [-0.05, 0) is 18.2 Å². The number of rotatable bonds is 5. The summed E-state index contributed by atoms with van der Waals surface area (Å²) in [7, 11) is 0. The molecule has 7 N–H and O–H groups in total. The van der Waals surface area contributed by atoms with E-state index in [9.17, 15) is 45.3 Å². The van der Waals surface area contributed by atoms with Gasteiger partial charge in [-0.25, -0.2) is 0 Å². The summed E-state index contributed by atoms with van der Waals surface area (Å²) in [6.07, 6.45) is -8.54. The minimum absolute atomic E-state index is 0.00415. The zero-order chi connectivity index (χ0) is 26.3. The molecule has 1 fully saturated rings. The van der Waals surface area contributed by atoms with Crippen LogP contribution >= 0.6 is 0 Å². The van der Waals surface area contributed by atoms with Gasteiger partial charge in [0.15, 0.2) is 17.3 Å². The van der Waals surface area contributed by atoms with Gasteiger partial charge in [0.2, 0.25) is 17.5 Å². The fourth-order valence-electron chi connectivity index (χ4n) is 3.70. The summed E-state index contributed by atoms with van der Waals surface area (Å²) < 4.78 is 21.5. The number of hydrogen-bond acceptors (Lipinski definition) is 13. The summed E-state index contributed by atoms with van der Waals surface area (Å²) in [5, 5.41) is 70.1. The van der Waals surface area contributed by atoms with E-state index in [1.54, 1.807) is 0 Å². The summed E-state index contributed by atoms with van der Waals surface area (Å²) in [6, 6.07) is 5.32. The third kappa shape index (κ3) is 4.59. The van der Waals surface area contributed by atoms with Gasteiger partial charge in [0.05, 0.1) is 0 Å². The van der Waals surface area contributed by atoms with Gasteiger partial charge in [0, 0.05) is 24.6 Å². The highest BCUT2D eigenvalue weighted by Crippen LogP contribution is 2.39. The molecule has 1 aliphatic heterocycles. The number of hydrogen-bond donors (Lipinski definition) is 7. The number of ether oxygens (including phenoxy) is 3. The molecule has 1 aromatic heterocycles. The zero-order valence-corrected chi connectivity index (χ0v) is 18.6. The molecule has 13 heteroatoms. The van der Waals surface area contributed by atoms with Crippen molar-refractivity contribution in [3.63, 3.8) is 0 Å². The van der Waals surface area contributed by atoms with Crippen molar-refractivity contribution in [1.82, 2.24) is 0 Å². The van der Waals surface area contributed by atoms with Crippen LogP contribution in [0, 0.1) is 0 Å². The van der Waals surface area contributed by atoms with E-state index in [-0.39, 0.29) is 16.9 Å². The van der Waals surface area contributed by atoms with Crippen molar-refractivity contribution >= 4 is 16.9 Å². The standard InChI is InChI=1S/C23H22O13/c1-8(24)33-7-15-17(29)19(31)20(32)23(35-15)36-22-18(30)16-13(28)5-10(25)6-14(16)34-21(22)9-2-3-11(26)12(27)4-9/h2-6,15,17,19-20,23,25-29,31-32H,7H2,1H3/t15-,17-,19-,20+,23+/m1/s1. The van der Waals surface area contributed by atoms with Gasteiger partial charge in [-0.3, -0.25) is 9.59 Å². The summed E-state index contributed by atoms with van der Waals surface area (Å²) in [4.78, 5) is 24.5. The summed E-state index contributed by atoms with van der Waals surface area (Å²) >= 11 is 0.